The van der Waals surface area contributed by atoms with Crippen LogP contribution < -0.4 is 15.8 Å². The van der Waals surface area contributed by atoms with Crippen LogP contribution in [0.2, 0.25) is 0 Å². The topological polar surface area (TPSA) is 184 Å². The molecule has 11 nitrogen and oxygen atoms in total. The highest BCUT2D eigenvalue weighted by atomic mass is 32.2. The number of rotatable bonds is 10. The SMILES string of the molecule is N=C(N)c1ccc(C2=NOC(CC(=O)NC[C@H](NS(=O)(=O)c3ccc(C(F)(F)F)cc3)C(=O)O)C2)cc1. The summed E-state index contributed by atoms with van der Waals surface area (Å²) in [5.41, 5.74) is 6.14. The molecule has 0 aromatic heterocycles. The minimum Gasteiger partial charge on any atom is -0.480 e. The fourth-order valence-electron chi connectivity index (χ4n) is 3.30. The number of halogens is 3. The Hall–Kier alpha value is -3.98. The van der Waals surface area contributed by atoms with Gasteiger partial charge in [-0.3, -0.25) is 15.0 Å². The Morgan fingerprint density at radius 1 is 1.16 bits per heavy atom. The van der Waals surface area contributed by atoms with Crippen molar-refractivity contribution in [2.45, 2.75) is 36.1 Å². The number of nitrogens with one attached hydrogen (secondary N) is 3. The van der Waals surface area contributed by atoms with Crippen LogP contribution >= 0.6 is 0 Å². The van der Waals surface area contributed by atoms with Crippen molar-refractivity contribution < 1.29 is 41.1 Å². The third-order valence-corrected chi connectivity index (χ3v) is 6.75. The van der Waals surface area contributed by atoms with Crippen LogP contribution in [0.4, 0.5) is 13.2 Å². The minimum absolute atomic E-state index is 0.0907. The first-order valence-electron chi connectivity index (χ1n) is 10.6. The number of oxime groups is 1. The second kappa shape index (κ2) is 11.0. The third kappa shape index (κ3) is 7.27. The second-order valence-corrected chi connectivity index (χ2v) is 9.72. The highest BCUT2D eigenvalue weighted by Gasteiger charge is 2.32. The van der Waals surface area contributed by atoms with Gasteiger partial charge in [0.05, 0.1) is 22.6 Å². The molecule has 2 atom stereocenters. The summed E-state index contributed by atoms with van der Waals surface area (Å²) >= 11 is 0. The molecule has 1 aliphatic heterocycles. The number of amides is 1. The van der Waals surface area contributed by atoms with Crippen LogP contribution in [0, 0.1) is 5.41 Å². The first-order valence-corrected chi connectivity index (χ1v) is 12.1. The molecule has 0 aliphatic carbocycles. The molecule has 198 valence electrons. The van der Waals surface area contributed by atoms with Gasteiger partial charge >= 0.3 is 12.1 Å². The minimum atomic E-state index is -4.67. The van der Waals surface area contributed by atoms with Crippen LogP contribution in [0.5, 0.6) is 0 Å². The van der Waals surface area contributed by atoms with Crippen molar-refractivity contribution in [3.63, 3.8) is 0 Å². The Labute approximate surface area is 209 Å². The first kappa shape index (κ1) is 27.6. The molecule has 6 N–H and O–H groups in total. The summed E-state index contributed by atoms with van der Waals surface area (Å²) in [5.74, 6) is -2.33. The van der Waals surface area contributed by atoms with E-state index in [9.17, 15) is 36.3 Å². The summed E-state index contributed by atoms with van der Waals surface area (Å²) in [6.07, 6.45) is -5.24. The number of carboxylic acid groups (broad SMARTS) is 1. The molecule has 1 aliphatic rings. The number of aliphatic carboxylic acids is 1. The lowest BCUT2D eigenvalue weighted by molar-refractivity contribution is -0.139. The number of sulfonamides is 1. The highest BCUT2D eigenvalue weighted by molar-refractivity contribution is 7.89. The van der Waals surface area contributed by atoms with E-state index in [1.54, 1.807) is 24.3 Å². The van der Waals surface area contributed by atoms with E-state index in [-0.39, 0.29) is 18.7 Å². The summed E-state index contributed by atoms with van der Waals surface area (Å²) in [6.45, 7) is -0.624. The van der Waals surface area contributed by atoms with E-state index in [0.29, 0.717) is 41.1 Å². The van der Waals surface area contributed by atoms with E-state index in [4.69, 9.17) is 16.0 Å². The number of benzene rings is 2. The van der Waals surface area contributed by atoms with Crippen molar-refractivity contribution in [3.05, 3.63) is 65.2 Å². The molecule has 1 amide bonds. The van der Waals surface area contributed by atoms with E-state index < -0.39 is 57.2 Å². The summed E-state index contributed by atoms with van der Waals surface area (Å²) in [5, 5.41) is 23.0. The fourth-order valence-corrected chi connectivity index (χ4v) is 4.49. The molecule has 2 aromatic rings. The van der Waals surface area contributed by atoms with Gasteiger partial charge in [-0.2, -0.15) is 17.9 Å². The fraction of sp³-hybridized carbons (Fsp3) is 0.273. The zero-order valence-corrected chi connectivity index (χ0v) is 19.8. The maximum absolute atomic E-state index is 12.7. The number of hydrogen-bond donors (Lipinski definition) is 5. The molecule has 1 unspecified atom stereocenters. The van der Waals surface area contributed by atoms with Crippen molar-refractivity contribution in [2.24, 2.45) is 10.9 Å². The van der Waals surface area contributed by atoms with Gasteiger partial charge < -0.3 is 21.0 Å². The molecular formula is C22H22F3N5O6S. The van der Waals surface area contributed by atoms with Gasteiger partial charge in [-0.25, -0.2) is 8.42 Å². The van der Waals surface area contributed by atoms with Crippen LogP contribution in [0.1, 0.15) is 29.5 Å². The molecule has 0 spiro atoms. The van der Waals surface area contributed by atoms with Crippen LogP contribution in [-0.2, 0) is 30.6 Å². The summed E-state index contributed by atoms with van der Waals surface area (Å²) in [6, 6.07) is 7.39. The molecule has 37 heavy (non-hydrogen) atoms. The van der Waals surface area contributed by atoms with Crippen molar-refractivity contribution in [1.82, 2.24) is 10.0 Å². The number of carbonyl (C=O) groups excluding carboxylic acids is 1. The number of alkyl halides is 3. The quantitative estimate of drug-likeness (QED) is 0.222. The van der Waals surface area contributed by atoms with E-state index in [1.807, 2.05) is 4.72 Å². The van der Waals surface area contributed by atoms with E-state index >= 15 is 0 Å². The van der Waals surface area contributed by atoms with Gasteiger partial charge in [0, 0.05) is 18.5 Å². The van der Waals surface area contributed by atoms with Gasteiger partial charge in [0.2, 0.25) is 15.9 Å². The van der Waals surface area contributed by atoms with Crippen molar-refractivity contribution in [3.8, 4) is 0 Å². The van der Waals surface area contributed by atoms with Crippen molar-refractivity contribution in [1.29, 1.82) is 5.41 Å². The largest absolute Gasteiger partial charge is 0.480 e. The molecule has 0 radical (unpaired) electrons. The normalized spacial score (nSPS) is 16.4. The lowest BCUT2D eigenvalue weighted by atomic mass is 10.0. The van der Waals surface area contributed by atoms with Crippen LogP contribution in [0.15, 0.2) is 58.6 Å². The number of nitrogen functional groups attached to an aromatic ring is 1. The Bertz CT molecular complexity index is 1310. The second-order valence-electron chi connectivity index (χ2n) is 8.00. The zero-order chi connectivity index (χ0) is 27.4. The molecular weight excluding hydrogens is 519 g/mol. The Morgan fingerprint density at radius 3 is 2.32 bits per heavy atom. The van der Waals surface area contributed by atoms with Crippen molar-refractivity contribution >= 4 is 33.4 Å². The third-order valence-electron chi connectivity index (χ3n) is 5.27. The molecule has 0 bridgehead atoms. The van der Waals surface area contributed by atoms with Gasteiger partial charge in [-0.15, -0.1) is 0 Å². The maximum Gasteiger partial charge on any atom is 0.416 e. The molecule has 0 saturated carbocycles. The molecule has 3 rings (SSSR count). The van der Waals surface area contributed by atoms with E-state index in [1.165, 1.54) is 0 Å². The van der Waals surface area contributed by atoms with Crippen LogP contribution in [-0.4, -0.2) is 55.6 Å². The number of hydrogen-bond acceptors (Lipinski definition) is 7. The first-order chi connectivity index (χ1) is 17.3. The summed E-state index contributed by atoms with van der Waals surface area (Å²) in [7, 11) is -4.50. The predicted octanol–water partition coefficient (Wildman–Crippen LogP) is 1.42. The highest BCUT2D eigenvalue weighted by Crippen LogP contribution is 2.29. The predicted molar refractivity (Wildman–Crippen MR) is 124 cm³/mol. The average molecular weight is 542 g/mol. The lowest BCUT2D eigenvalue weighted by Gasteiger charge is -2.16. The van der Waals surface area contributed by atoms with Gasteiger partial charge in [0.15, 0.2) is 0 Å². The molecule has 2 aromatic carbocycles. The van der Waals surface area contributed by atoms with Gasteiger partial charge in [0.1, 0.15) is 18.0 Å². The number of nitrogens with two attached hydrogens (primary N) is 1. The Morgan fingerprint density at radius 2 is 1.78 bits per heavy atom. The smallest absolute Gasteiger partial charge is 0.416 e. The number of carboxylic acids is 1. The monoisotopic (exact) mass is 541 g/mol. The van der Waals surface area contributed by atoms with Gasteiger partial charge in [0.25, 0.3) is 0 Å². The Balaban J connectivity index is 1.53. The molecule has 15 heteroatoms. The molecule has 1 heterocycles. The maximum atomic E-state index is 12.7. The van der Waals surface area contributed by atoms with Crippen molar-refractivity contribution in [2.75, 3.05) is 6.54 Å². The zero-order valence-electron chi connectivity index (χ0n) is 18.9. The van der Waals surface area contributed by atoms with Gasteiger partial charge in [-0.1, -0.05) is 29.4 Å². The summed E-state index contributed by atoms with van der Waals surface area (Å²) < 4.78 is 64.8. The lowest BCUT2D eigenvalue weighted by Crippen LogP contribution is -2.48. The number of amidine groups is 1. The average Bonchev–Trinajstić information content (AvgIpc) is 3.29. The number of carbonyl (C=O) groups is 2. The number of nitrogens with zero attached hydrogens (tertiary/aromatic N) is 1. The van der Waals surface area contributed by atoms with Crippen LogP contribution in [0.3, 0.4) is 0 Å². The van der Waals surface area contributed by atoms with Crippen LogP contribution in [0.25, 0.3) is 0 Å². The van der Waals surface area contributed by atoms with E-state index in [0.717, 1.165) is 0 Å². The summed E-state index contributed by atoms with van der Waals surface area (Å²) in [4.78, 5) is 28.5. The van der Waals surface area contributed by atoms with E-state index in [2.05, 4.69) is 10.5 Å². The van der Waals surface area contributed by atoms with Gasteiger partial charge in [-0.05, 0) is 29.8 Å². The molecule has 0 fully saturated rings. The standard InChI is InChI=1S/C22H22F3N5O6S/c23-22(24,25)14-5-7-16(8-6-14)37(34,35)30-18(21(32)33)11-28-19(31)10-15-9-17(29-36-15)12-1-3-13(4-2-12)20(26)27/h1-8,15,18,30H,9-11H2,(H3,26,27)(H,28,31)(H,32,33)/t15?,18-/m0/s1. The molecule has 0 saturated heterocycles. The Kier molecular flexibility index (Phi) is 8.18.